The number of nitrogens with zero attached hydrogens (tertiary/aromatic N) is 3. The summed E-state index contributed by atoms with van der Waals surface area (Å²) in [5.74, 6) is -1.06. The van der Waals surface area contributed by atoms with Crippen LogP contribution >= 0.6 is 11.3 Å². The van der Waals surface area contributed by atoms with Crippen molar-refractivity contribution in [1.29, 1.82) is 0 Å². The van der Waals surface area contributed by atoms with E-state index in [2.05, 4.69) is 15.1 Å². The summed E-state index contributed by atoms with van der Waals surface area (Å²) in [7, 11) is 2.56. The van der Waals surface area contributed by atoms with E-state index in [1.165, 1.54) is 30.2 Å². The van der Waals surface area contributed by atoms with Gasteiger partial charge in [0.15, 0.2) is 0 Å². The van der Waals surface area contributed by atoms with E-state index >= 15 is 0 Å². The van der Waals surface area contributed by atoms with Gasteiger partial charge in [-0.3, -0.25) is 19.7 Å². The van der Waals surface area contributed by atoms with Crippen LogP contribution in [-0.2, 0) is 20.7 Å². The Hall–Kier alpha value is -4.05. The second-order valence-corrected chi connectivity index (χ2v) is 8.04. The van der Waals surface area contributed by atoms with E-state index in [0.717, 1.165) is 10.2 Å². The molecule has 0 fully saturated rings. The summed E-state index contributed by atoms with van der Waals surface area (Å²) < 4.78 is 11.8. The highest BCUT2D eigenvalue weighted by Crippen LogP contribution is 2.25. The topological polar surface area (TPSA) is 116 Å². The lowest BCUT2D eigenvalue weighted by molar-refractivity contribution is -0.139. The molecular weight excluding hydrogens is 444 g/mol. The Morgan fingerprint density at radius 1 is 1.09 bits per heavy atom. The van der Waals surface area contributed by atoms with Crippen molar-refractivity contribution < 1.29 is 19.1 Å². The van der Waals surface area contributed by atoms with Crippen LogP contribution in [0.15, 0.2) is 58.3 Å². The summed E-state index contributed by atoms with van der Waals surface area (Å²) in [5, 5.41) is 3.42. The number of ether oxygens (including phenoxy) is 2. The monoisotopic (exact) mass is 464 g/mol. The first-order valence-electron chi connectivity index (χ1n) is 9.92. The number of thiazole rings is 1. The zero-order valence-corrected chi connectivity index (χ0v) is 18.9. The summed E-state index contributed by atoms with van der Waals surface area (Å²) in [6.07, 6.45) is -0.162. The first kappa shape index (κ1) is 22.2. The third kappa shape index (κ3) is 4.33. The number of rotatable bonds is 6. The number of aliphatic imine (C=N–C) groups is 1. The zero-order valence-electron chi connectivity index (χ0n) is 18.1. The second kappa shape index (κ2) is 9.21. The maximum absolute atomic E-state index is 13.4. The van der Waals surface area contributed by atoms with Crippen molar-refractivity contribution in [3.63, 3.8) is 0 Å². The molecule has 9 nitrogen and oxygen atoms in total. The number of para-hydroxylation sites is 2. The highest BCUT2D eigenvalue weighted by atomic mass is 32.1. The molecule has 2 aromatic carbocycles. The molecule has 4 aromatic rings. The van der Waals surface area contributed by atoms with Crippen molar-refractivity contribution in [2.45, 2.75) is 13.3 Å². The largest absolute Gasteiger partial charge is 0.469 e. The van der Waals surface area contributed by atoms with Gasteiger partial charge in [-0.1, -0.05) is 35.6 Å². The molecule has 0 amide bonds. The lowest BCUT2D eigenvalue weighted by atomic mass is 10.1. The molecule has 0 aliphatic rings. The van der Waals surface area contributed by atoms with Crippen LogP contribution in [0.3, 0.4) is 0 Å². The van der Waals surface area contributed by atoms with Crippen LogP contribution < -0.4 is 5.56 Å². The molecule has 0 bridgehead atoms. The molecule has 0 radical (unpaired) electrons. The third-order valence-corrected chi connectivity index (χ3v) is 5.97. The van der Waals surface area contributed by atoms with Gasteiger partial charge in [0.25, 0.3) is 5.56 Å². The number of aromatic nitrogens is 3. The average molecular weight is 465 g/mol. The number of nitrogens with one attached hydrogen (secondary N) is 1. The van der Waals surface area contributed by atoms with Crippen molar-refractivity contribution >= 4 is 44.9 Å². The Kier molecular flexibility index (Phi) is 6.18. The smallest absolute Gasteiger partial charge is 0.340 e. The van der Waals surface area contributed by atoms with Gasteiger partial charge >= 0.3 is 11.9 Å². The Balaban J connectivity index is 1.86. The normalized spacial score (nSPS) is 11.5. The van der Waals surface area contributed by atoms with Crippen molar-refractivity contribution in [1.82, 2.24) is 14.8 Å². The molecule has 33 heavy (non-hydrogen) atoms. The fourth-order valence-corrected chi connectivity index (χ4v) is 4.31. The molecule has 0 spiro atoms. The number of benzene rings is 2. The van der Waals surface area contributed by atoms with Crippen molar-refractivity contribution in [2.24, 2.45) is 4.99 Å². The van der Waals surface area contributed by atoms with Crippen LogP contribution in [0.4, 0.5) is 5.69 Å². The van der Waals surface area contributed by atoms with Crippen LogP contribution in [0.25, 0.3) is 15.3 Å². The van der Waals surface area contributed by atoms with E-state index in [9.17, 15) is 14.4 Å². The Labute approximate surface area is 192 Å². The Bertz CT molecular complexity index is 1410. The minimum atomic E-state index is -0.544. The Morgan fingerprint density at radius 3 is 2.55 bits per heavy atom. The molecule has 1 N–H and O–H groups in total. The summed E-state index contributed by atoms with van der Waals surface area (Å²) >= 11 is 1.34. The van der Waals surface area contributed by atoms with Crippen molar-refractivity contribution in [2.75, 3.05) is 14.2 Å². The van der Waals surface area contributed by atoms with Gasteiger partial charge in [-0.05, 0) is 31.2 Å². The molecule has 2 heterocycles. The summed E-state index contributed by atoms with van der Waals surface area (Å²) in [6, 6.07) is 14.2. The lowest BCUT2D eigenvalue weighted by Gasteiger charge is -2.05. The van der Waals surface area contributed by atoms with Gasteiger partial charge in [-0.15, -0.1) is 0 Å². The molecular formula is C23H20N4O5S. The molecule has 0 aliphatic heterocycles. The maximum atomic E-state index is 13.4. The quantitative estimate of drug-likeness (QED) is 0.345. The van der Waals surface area contributed by atoms with Gasteiger partial charge in [-0.25, -0.2) is 9.78 Å². The number of hydrogen-bond acceptors (Lipinski definition) is 8. The maximum Gasteiger partial charge on any atom is 0.340 e. The third-order valence-electron chi connectivity index (χ3n) is 4.95. The van der Waals surface area contributed by atoms with Crippen LogP contribution in [-0.4, -0.2) is 46.6 Å². The number of fused-ring (bicyclic) bond motifs is 1. The molecule has 0 unspecified atom stereocenters. The highest BCUT2D eigenvalue weighted by Gasteiger charge is 2.22. The lowest BCUT2D eigenvalue weighted by Crippen LogP contribution is -2.20. The van der Waals surface area contributed by atoms with E-state index < -0.39 is 17.5 Å². The summed E-state index contributed by atoms with van der Waals surface area (Å²) in [4.78, 5) is 46.6. The molecule has 0 saturated carbocycles. The van der Waals surface area contributed by atoms with E-state index in [-0.39, 0.29) is 17.5 Å². The minimum absolute atomic E-state index is 0.162. The van der Waals surface area contributed by atoms with Gasteiger partial charge in [0.1, 0.15) is 0 Å². The van der Waals surface area contributed by atoms with Crippen LogP contribution in [0, 0.1) is 0 Å². The van der Waals surface area contributed by atoms with Crippen LogP contribution in [0.5, 0.6) is 0 Å². The average Bonchev–Trinajstić information content (AvgIpc) is 3.39. The molecule has 168 valence electrons. The fraction of sp³-hybridized carbons (Fsp3) is 0.174. The number of esters is 2. The predicted octanol–water partition coefficient (Wildman–Crippen LogP) is 3.42. The molecule has 10 heteroatoms. The number of aromatic amines is 1. The van der Waals surface area contributed by atoms with Crippen LogP contribution in [0.2, 0.25) is 0 Å². The number of H-pyrrole nitrogens is 1. The van der Waals surface area contributed by atoms with Gasteiger partial charge < -0.3 is 9.47 Å². The van der Waals surface area contributed by atoms with Crippen molar-refractivity contribution in [3.8, 4) is 5.13 Å². The number of carbonyl (C=O) groups is 2. The fourth-order valence-electron chi connectivity index (χ4n) is 3.38. The van der Waals surface area contributed by atoms with Gasteiger partial charge in [-0.2, -0.15) is 4.68 Å². The zero-order chi connectivity index (χ0) is 23.5. The molecule has 0 atom stereocenters. The van der Waals surface area contributed by atoms with Gasteiger partial charge in [0.05, 0.1) is 59.1 Å². The van der Waals surface area contributed by atoms with E-state index in [1.54, 1.807) is 31.2 Å². The van der Waals surface area contributed by atoms with Gasteiger partial charge in [0, 0.05) is 0 Å². The summed E-state index contributed by atoms with van der Waals surface area (Å²) in [5.41, 5.74) is 1.82. The first-order chi connectivity index (χ1) is 15.9. The Morgan fingerprint density at radius 2 is 1.82 bits per heavy atom. The van der Waals surface area contributed by atoms with Crippen molar-refractivity contribution in [3.05, 3.63) is 75.7 Å². The molecule has 0 aliphatic carbocycles. The number of methoxy groups -OCH3 is 2. The standard InChI is InChI=1S/C23H20N4O5S/c1-13(24-15-9-5-4-8-14(15)22(30)32-3)20-17(12-19(28)31-2)26-27(21(20)29)23-25-16-10-6-7-11-18(16)33-23/h4-11,26H,12H2,1-3H3. The second-order valence-electron chi connectivity index (χ2n) is 7.03. The van der Waals surface area contributed by atoms with E-state index in [0.29, 0.717) is 22.2 Å². The molecule has 4 rings (SSSR count). The minimum Gasteiger partial charge on any atom is -0.469 e. The SMILES string of the molecule is COC(=O)Cc1[nH]n(-c2nc3ccccc3s2)c(=O)c1C(C)=Nc1ccccc1C(=O)OC. The van der Waals surface area contributed by atoms with Gasteiger partial charge in [0.2, 0.25) is 5.13 Å². The van der Waals surface area contributed by atoms with E-state index in [1.807, 2.05) is 24.3 Å². The molecule has 2 aromatic heterocycles. The number of carbonyl (C=O) groups excluding carboxylic acids is 2. The first-order valence-corrected chi connectivity index (χ1v) is 10.7. The highest BCUT2D eigenvalue weighted by molar-refractivity contribution is 7.20. The van der Waals surface area contributed by atoms with Crippen LogP contribution in [0.1, 0.15) is 28.5 Å². The molecule has 0 saturated heterocycles. The summed E-state index contributed by atoms with van der Waals surface area (Å²) in [6.45, 7) is 1.64. The number of hydrogen-bond donors (Lipinski definition) is 1. The predicted molar refractivity (Wildman–Crippen MR) is 125 cm³/mol. The van der Waals surface area contributed by atoms with E-state index in [4.69, 9.17) is 9.47 Å².